The summed E-state index contributed by atoms with van der Waals surface area (Å²) < 4.78 is 46.7. The van der Waals surface area contributed by atoms with Crippen LogP contribution in [0.1, 0.15) is 0 Å². The molecule has 0 radical (unpaired) electrons. The van der Waals surface area contributed by atoms with E-state index in [1.54, 1.807) is 12.1 Å². The zero-order valence-electron chi connectivity index (χ0n) is 13.8. The van der Waals surface area contributed by atoms with E-state index in [9.17, 15) is 9.59 Å². The highest BCUT2D eigenvalue weighted by Crippen LogP contribution is 2.11. The van der Waals surface area contributed by atoms with Crippen molar-refractivity contribution in [1.82, 2.24) is 0 Å². The number of benzene rings is 2. The van der Waals surface area contributed by atoms with E-state index < -0.39 is 31.4 Å². The largest absolute Gasteiger partial charge is 0.423 e. The van der Waals surface area contributed by atoms with Crippen molar-refractivity contribution in [2.45, 2.75) is 0 Å². The minimum absolute atomic E-state index is 0.347. The first-order valence-electron chi connectivity index (χ1n) is 7.52. The van der Waals surface area contributed by atoms with Gasteiger partial charge >= 0.3 is 32.5 Å². The number of rotatable bonds is 2. The molecule has 0 saturated heterocycles. The van der Waals surface area contributed by atoms with Crippen LogP contribution in [0.5, 0.6) is 0 Å². The van der Waals surface area contributed by atoms with Crippen LogP contribution < -0.4 is 51.1 Å². The summed E-state index contributed by atoms with van der Waals surface area (Å²) in [6, 6.07) is 18.2. The van der Waals surface area contributed by atoms with Crippen molar-refractivity contribution in [2.24, 2.45) is 0 Å². The summed E-state index contributed by atoms with van der Waals surface area (Å²) in [7, 11) is -4.94. The van der Waals surface area contributed by atoms with Crippen LogP contribution in [-0.4, -0.2) is 0 Å². The third-order valence-electron chi connectivity index (χ3n) is 3.39. The Morgan fingerprint density at radius 3 is 1.39 bits per heavy atom. The van der Waals surface area contributed by atoms with E-state index in [1.165, 1.54) is 12.1 Å². The third-order valence-corrected chi connectivity index (χ3v) is 5.98. The molecule has 144 valence electrons. The first-order chi connectivity index (χ1) is 13.2. The molecule has 0 unspecified atom stereocenters. The molecule has 0 bridgehead atoms. The van der Waals surface area contributed by atoms with Crippen molar-refractivity contribution in [3.8, 4) is 0 Å². The van der Waals surface area contributed by atoms with Crippen LogP contribution in [0, 0.1) is 17.4 Å². The van der Waals surface area contributed by atoms with Crippen molar-refractivity contribution in [2.75, 3.05) is 0 Å². The van der Waals surface area contributed by atoms with Crippen LogP contribution in [0.3, 0.4) is 0 Å². The van der Waals surface area contributed by atoms with Gasteiger partial charge in [0, 0.05) is 35.0 Å². The van der Waals surface area contributed by atoms with E-state index in [4.69, 9.17) is 27.5 Å². The third kappa shape index (κ3) is 5.86. The smallest absolute Gasteiger partial charge is 0.358 e. The standard InChI is InChI=1S/C18H10IO4.ClHO4/c20-17-7-3-11-1-5-13(9-15(11)22-17)19-14-6-2-12-4-8-18(21)23-16(12)10-14;2-1(3,4)5/h1-10H;(H,2,3,4,5)/q+1;/p-1. The summed E-state index contributed by atoms with van der Waals surface area (Å²) in [6.45, 7) is 0. The normalized spacial score (nSPS) is 11.3. The maximum atomic E-state index is 11.3. The minimum Gasteiger partial charge on any atom is -0.423 e. The molecule has 8 nitrogen and oxygen atoms in total. The van der Waals surface area contributed by atoms with Crippen LogP contribution in [0.15, 0.2) is 79.1 Å². The zero-order valence-corrected chi connectivity index (χ0v) is 16.7. The van der Waals surface area contributed by atoms with Crippen molar-refractivity contribution >= 4 is 21.9 Å². The lowest BCUT2D eigenvalue weighted by Gasteiger charge is -2.17. The highest BCUT2D eigenvalue weighted by Gasteiger charge is 2.18. The maximum absolute atomic E-state index is 11.3. The molecule has 0 atom stereocenters. The van der Waals surface area contributed by atoms with E-state index in [-0.39, 0.29) is 11.3 Å². The number of hydrogen-bond donors (Lipinski definition) is 0. The van der Waals surface area contributed by atoms with Gasteiger partial charge in [0.15, 0.2) is 7.14 Å². The van der Waals surface area contributed by atoms with Gasteiger partial charge in [0.2, 0.25) is 0 Å². The average Bonchev–Trinajstić information content (AvgIpc) is 2.59. The Kier molecular flexibility index (Phi) is 6.13. The summed E-state index contributed by atoms with van der Waals surface area (Å²) in [5.74, 6) is 0. The van der Waals surface area contributed by atoms with Gasteiger partial charge in [-0.1, -0.05) is 0 Å². The first-order valence-corrected chi connectivity index (χ1v) is 10.9. The van der Waals surface area contributed by atoms with Gasteiger partial charge in [0.25, 0.3) is 0 Å². The average molecular weight is 517 g/mol. The molecule has 0 amide bonds. The van der Waals surface area contributed by atoms with E-state index in [0.29, 0.717) is 11.2 Å². The molecule has 0 saturated carbocycles. The SMILES string of the molecule is O=c1ccc2ccc([I+]c3ccc4ccc(=O)oc4c3)cc2o1.[O-][Cl+3]([O-])([O-])[O-]. The van der Waals surface area contributed by atoms with Gasteiger partial charge < -0.3 is 8.83 Å². The predicted octanol–water partition coefficient (Wildman–Crippen LogP) is -4.73. The lowest BCUT2D eigenvalue weighted by Crippen LogP contribution is -3.61. The van der Waals surface area contributed by atoms with Gasteiger partial charge in [-0.15, -0.1) is 10.2 Å². The van der Waals surface area contributed by atoms with Gasteiger partial charge in [-0.2, -0.15) is 0 Å². The van der Waals surface area contributed by atoms with E-state index in [0.717, 1.165) is 17.9 Å². The molecule has 2 aromatic heterocycles. The molecule has 10 heteroatoms. The molecule has 0 N–H and O–H groups in total. The van der Waals surface area contributed by atoms with E-state index in [1.807, 2.05) is 36.4 Å². The summed E-state index contributed by atoms with van der Waals surface area (Å²) in [6.07, 6.45) is 0. The molecule has 0 aliphatic rings. The first kappa shape index (κ1) is 20.5. The Hall–Kier alpha value is -2.28. The molecule has 4 rings (SSSR count). The fraction of sp³-hybridized carbons (Fsp3) is 0. The van der Waals surface area contributed by atoms with Gasteiger partial charge in [-0.3, -0.25) is 0 Å². The molecule has 0 spiro atoms. The van der Waals surface area contributed by atoms with Gasteiger partial charge in [0.05, 0.1) is 0 Å². The van der Waals surface area contributed by atoms with E-state index in [2.05, 4.69) is 0 Å². The second-order valence-electron chi connectivity index (χ2n) is 5.35. The molecule has 0 aliphatic heterocycles. The molecule has 0 aliphatic carbocycles. The van der Waals surface area contributed by atoms with Gasteiger partial charge in [-0.25, -0.2) is 28.2 Å². The van der Waals surface area contributed by atoms with Crippen molar-refractivity contribution in [3.05, 3.63) is 88.6 Å². The second-order valence-corrected chi connectivity index (χ2v) is 9.13. The summed E-state index contributed by atoms with van der Waals surface area (Å²) >= 11 is -0.465. The Morgan fingerprint density at radius 1 is 0.643 bits per heavy atom. The predicted molar refractivity (Wildman–Crippen MR) is 82.4 cm³/mol. The molecule has 4 aromatic rings. The number of hydrogen-bond acceptors (Lipinski definition) is 8. The lowest BCUT2D eigenvalue weighted by atomic mass is 10.2. The Labute approximate surface area is 169 Å². The fourth-order valence-electron chi connectivity index (χ4n) is 2.31. The Morgan fingerprint density at radius 2 is 1.00 bits per heavy atom. The minimum atomic E-state index is -4.94. The van der Waals surface area contributed by atoms with Crippen molar-refractivity contribution in [3.63, 3.8) is 0 Å². The highest BCUT2D eigenvalue weighted by molar-refractivity contribution is 5.76. The summed E-state index contributed by atoms with van der Waals surface area (Å²) in [5, 5.41) is 1.81. The Bertz CT molecular complexity index is 1140. The highest BCUT2D eigenvalue weighted by atomic mass is 127. The maximum Gasteiger partial charge on any atom is 0.358 e. The van der Waals surface area contributed by atoms with Crippen LogP contribution in [-0.2, 0) is 0 Å². The van der Waals surface area contributed by atoms with Crippen LogP contribution >= 0.6 is 0 Å². The summed E-state index contributed by atoms with van der Waals surface area (Å²) in [5.41, 5.74) is 0.504. The molecule has 2 aromatic carbocycles. The van der Waals surface area contributed by atoms with Gasteiger partial charge in [-0.05, 0) is 36.4 Å². The fourth-order valence-corrected chi connectivity index (χ4v) is 4.63. The van der Waals surface area contributed by atoms with Crippen molar-refractivity contribution in [1.29, 1.82) is 0 Å². The molecule has 28 heavy (non-hydrogen) atoms. The lowest BCUT2D eigenvalue weighted by molar-refractivity contribution is -2.00. The molecule has 2 heterocycles. The number of fused-ring (bicyclic) bond motifs is 2. The molecular weight excluding hydrogens is 507 g/mol. The van der Waals surface area contributed by atoms with Crippen LogP contribution in [0.4, 0.5) is 0 Å². The van der Waals surface area contributed by atoms with Crippen molar-refractivity contribution < 1.29 is 58.9 Å². The zero-order chi connectivity index (χ0) is 20.3. The molecule has 0 fully saturated rings. The van der Waals surface area contributed by atoms with Crippen LogP contribution in [0.25, 0.3) is 21.9 Å². The quantitative estimate of drug-likeness (QED) is 0.190. The number of halogens is 2. The summed E-state index contributed by atoms with van der Waals surface area (Å²) in [4.78, 5) is 22.7. The van der Waals surface area contributed by atoms with Crippen LogP contribution in [0.2, 0.25) is 0 Å². The van der Waals surface area contributed by atoms with E-state index >= 15 is 0 Å². The topological polar surface area (TPSA) is 153 Å². The second kappa shape index (κ2) is 8.39. The Balaban J connectivity index is 0.000000403. The molecular formula is C18H10ClIO8. The monoisotopic (exact) mass is 516 g/mol. The van der Waals surface area contributed by atoms with Gasteiger partial charge in [0.1, 0.15) is 11.2 Å².